The number of hydrogen-bond donors (Lipinski definition) is 6. The van der Waals surface area contributed by atoms with E-state index in [9.17, 15) is 20.1 Å². The zero-order valence-electron chi connectivity index (χ0n) is 12.3. The molecule has 1 aliphatic heterocycles. The third kappa shape index (κ3) is 8.58. The number of ketones is 1. The Morgan fingerprint density at radius 1 is 1.32 bits per heavy atom. The minimum atomic E-state index is -5.14. The summed E-state index contributed by atoms with van der Waals surface area (Å²) < 4.78 is 13.5. The predicted octanol–water partition coefficient (Wildman–Crippen LogP) is -11.5. The average molecular weight is 363 g/mol. The van der Waals surface area contributed by atoms with Gasteiger partial charge in [0.1, 0.15) is 18.3 Å². The first kappa shape index (κ1) is 28.3. The molecular formula is C8H16NNa2O10P. The van der Waals surface area contributed by atoms with Crippen LogP contribution in [0.4, 0.5) is 0 Å². The quantitative estimate of drug-likeness (QED) is 0.200. The fraction of sp³-hybridized carbons (Fsp3) is 0.875. The second-order valence-electron chi connectivity index (χ2n) is 4.07. The first-order valence-electron chi connectivity index (χ1n) is 5.23. The average Bonchev–Trinajstić information content (AvgIpc) is 2.29. The van der Waals surface area contributed by atoms with Crippen molar-refractivity contribution in [2.75, 3.05) is 6.61 Å². The molecule has 0 saturated carbocycles. The minimum Gasteiger partial charge on any atom is -0.790 e. The van der Waals surface area contributed by atoms with E-state index in [0.29, 0.717) is 0 Å². The summed E-state index contributed by atoms with van der Waals surface area (Å²) in [5, 5.41) is 37.4. The molecule has 0 amide bonds. The van der Waals surface area contributed by atoms with E-state index in [-0.39, 0.29) is 59.1 Å². The van der Waals surface area contributed by atoms with Gasteiger partial charge in [-0.05, 0) is 0 Å². The normalized spacial score (nSPS) is 34.4. The molecule has 1 aliphatic rings. The van der Waals surface area contributed by atoms with Crippen LogP contribution in [0.3, 0.4) is 0 Å². The van der Waals surface area contributed by atoms with Gasteiger partial charge >= 0.3 is 59.1 Å². The molecule has 7 N–H and O–H groups in total. The fourth-order valence-corrected chi connectivity index (χ4v) is 1.51. The maximum absolute atomic E-state index is 11.1. The van der Waals surface area contributed by atoms with Crippen molar-refractivity contribution >= 4 is 13.6 Å². The summed E-state index contributed by atoms with van der Waals surface area (Å²) in [5.41, 5.74) is 5.38. The number of aliphatic hydroxyl groups excluding tert-OH is 3. The number of rotatable bonds is 2. The number of Topliss-reactive ketones (excluding diaryl/α,β-unsaturated/α-hetero) is 1. The molecule has 0 aromatic heterocycles. The first-order chi connectivity index (χ1) is 8.84. The number of aliphatic hydroxyl groups is 4. The van der Waals surface area contributed by atoms with Crippen molar-refractivity contribution < 1.29 is 108 Å². The van der Waals surface area contributed by atoms with Gasteiger partial charge in [0.05, 0.1) is 20.5 Å². The molecule has 0 aromatic carbocycles. The minimum absolute atomic E-state index is 0. The zero-order chi connectivity index (χ0) is 16.3. The largest absolute Gasteiger partial charge is 1.00 e. The molecular weight excluding hydrogens is 347 g/mol. The first-order valence-corrected chi connectivity index (χ1v) is 6.72. The van der Waals surface area contributed by atoms with E-state index in [1.807, 2.05) is 0 Å². The topological polar surface area (TPSA) is 217 Å². The molecule has 0 aliphatic carbocycles. The van der Waals surface area contributed by atoms with Crippen molar-refractivity contribution in [3.05, 3.63) is 0 Å². The van der Waals surface area contributed by atoms with Crippen LogP contribution in [0, 0.1) is 0 Å². The van der Waals surface area contributed by atoms with Gasteiger partial charge < -0.3 is 50.1 Å². The molecule has 22 heavy (non-hydrogen) atoms. The Hall–Kier alpha value is 1.54. The van der Waals surface area contributed by atoms with Crippen molar-refractivity contribution in [1.29, 1.82) is 0 Å². The van der Waals surface area contributed by atoms with Crippen molar-refractivity contribution in [1.82, 2.24) is 0 Å². The third-order valence-electron chi connectivity index (χ3n) is 2.57. The summed E-state index contributed by atoms with van der Waals surface area (Å²) in [4.78, 5) is 35.4. The van der Waals surface area contributed by atoms with Crippen LogP contribution in [-0.4, -0.2) is 67.9 Å². The second kappa shape index (κ2) is 11.2. The Labute approximate surface area is 170 Å². The maximum Gasteiger partial charge on any atom is 1.00 e. The van der Waals surface area contributed by atoms with Crippen molar-refractivity contribution in [2.24, 2.45) is 5.73 Å². The molecule has 1 heterocycles. The molecule has 0 radical (unpaired) electrons. The monoisotopic (exact) mass is 363 g/mol. The van der Waals surface area contributed by atoms with Crippen molar-refractivity contribution in [3.63, 3.8) is 0 Å². The molecule has 0 bridgehead atoms. The number of phosphoric acid groups is 1. The summed E-state index contributed by atoms with van der Waals surface area (Å²) in [6, 6.07) is -1.45. The molecule has 14 heteroatoms. The van der Waals surface area contributed by atoms with Crippen LogP contribution in [0.1, 0.15) is 6.92 Å². The molecule has 5 atom stereocenters. The van der Waals surface area contributed by atoms with E-state index in [1.54, 1.807) is 0 Å². The van der Waals surface area contributed by atoms with Gasteiger partial charge in [-0.25, -0.2) is 0 Å². The number of ether oxygens (including phenoxy) is 1. The van der Waals surface area contributed by atoms with E-state index in [1.165, 1.54) is 0 Å². The predicted molar refractivity (Wildman–Crippen MR) is 57.4 cm³/mol. The summed E-state index contributed by atoms with van der Waals surface area (Å²) >= 11 is 0. The van der Waals surface area contributed by atoms with Gasteiger partial charge in [0.2, 0.25) is 5.79 Å². The Balaban J connectivity index is -0.000000452. The van der Waals surface area contributed by atoms with Gasteiger partial charge in [-0.1, -0.05) is 0 Å². The summed E-state index contributed by atoms with van der Waals surface area (Å²) in [5.74, 6) is -3.16. The number of carbonyl (C=O) groups is 1. The summed E-state index contributed by atoms with van der Waals surface area (Å²) in [6.07, 6.45) is -4.22. The Morgan fingerprint density at radius 3 is 1.95 bits per heavy atom. The third-order valence-corrected chi connectivity index (χ3v) is 2.57. The van der Waals surface area contributed by atoms with E-state index in [0.717, 1.165) is 6.92 Å². The summed E-state index contributed by atoms with van der Waals surface area (Å²) in [7, 11) is -5.14. The number of carbonyl (C=O) groups excluding carboxylic acids is 1. The molecule has 0 spiro atoms. The zero-order valence-corrected chi connectivity index (χ0v) is 17.2. The standard InChI is InChI=1S/C8H15NO6.2Na.H3O4P/c1-3(11)8(14)7(9)6(13)5(12)4(2-10)15-8;;;1-5(2,3)4/h4-7,10,12-14H,2,9H2,1H3;;;(H3,1,2,3,4)/q;2*+1;/p-2/t4-,5-,6+,7-,8?;;;/m1.../s1. The van der Waals surface area contributed by atoms with Crippen LogP contribution in [-0.2, 0) is 14.1 Å². The van der Waals surface area contributed by atoms with Gasteiger partial charge in [0.25, 0.3) is 0 Å². The molecule has 1 fully saturated rings. The van der Waals surface area contributed by atoms with E-state index < -0.39 is 50.4 Å². The Bertz CT molecular complexity index is 385. The molecule has 120 valence electrons. The van der Waals surface area contributed by atoms with Crippen LogP contribution < -0.4 is 74.6 Å². The van der Waals surface area contributed by atoms with E-state index >= 15 is 0 Å². The van der Waals surface area contributed by atoms with Crippen LogP contribution in [0.25, 0.3) is 0 Å². The van der Waals surface area contributed by atoms with Crippen LogP contribution in [0.5, 0.6) is 0 Å². The van der Waals surface area contributed by atoms with Gasteiger partial charge in [-0.2, -0.15) is 0 Å². The Kier molecular flexibility index (Phi) is 14.4. The van der Waals surface area contributed by atoms with Gasteiger partial charge in [-0.15, -0.1) is 0 Å². The second-order valence-corrected chi connectivity index (χ2v) is 5.00. The number of hydrogen-bond acceptors (Lipinski definition) is 10. The molecule has 1 rings (SSSR count). The molecule has 11 nitrogen and oxygen atoms in total. The molecule has 0 aromatic rings. The number of nitrogens with two attached hydrogens (primary N) is 1. The van der Waals surface area contributed by atoms with Crippen molar-refractivity contribution in [2.45, 2.75) is 37.1 Å². The smallest absolute Gasteiger partial charge is 0.790 e. The van der Waals surface area contributed by atoms with Crippen molar-refractivity contribution in [3.8, 4) is 0 Å². The van der Waals surface area contributed by atoms with Crippen LogP contribution >= 0.6 is 7.82 Å². The summed E-state index contributed by atoms with van der Waals surface area (Å²) in [6.45, 7) is 0.402. The Morgan fingerprint density at radius 2 is 1.68 bits per heavy atom. The van der Waals surface area contributed by atoms with Gasteiger partial charge in [0, 0.05) is 6.92 Å². The molecule has 1 unspecified atom stereocenters. The molecule has 1 saturated heterocycles. The fourth-order valence-electron chi connectivity index (χ4n) is 1.51. The SMILES string of the molecule is CC(=O)C1(O)O[C@H](CO)[C@@H](O)[C@H](O)[C@H]1N.O=P([O-])([O-])O.[Na+].[Na+]. The maximum atomic E-state index is 11.1. The van der Waals surface area contributed by atoms with Crippen LogP contribution in [0.15, 0.2) is 0 Å². The van der Waals surface area contributed by atoms with Crippen LogP contribution in [0.2, 0.25) is 0 Å². The van der Waals surface area contributed by atoms with E-state index in [2.05, 4.69) is 0 Å². The van der Waals surface area contributed by atoms with E-state index in [4.69, 9.17) is 34.8 Å². The van der Waals surface area contributed by atoms with Gasteiger partial charge in [-0.3, -0.25) is 4.79 Å². The van der Waals surface area contributed by atoms with Gasteiger partial charge in [0.15, 0.2) is 5.78 Å².